The van der Waals surface area contributed by atoms with Crippen molar-refractivity contribution in [3.63, 3.8) is 0 Å². The maximum absolute atomic E-state index is 11.9. The number of aliphatic hydroxyl groups is 1. The van der Waals surface area contributed by atoms with E-state index in [1.807, 2.05) is 26.0 Å². The zero-order chi connectivity index (χ0) is 14.4. The summed E-state index contributed by atoms with van der Waals surface area (Å²) >= 11 is 0. The Hall–Kier alpha value is -1.20. The fourth-order valence-electron chi connectivity index (χ4n) is 2.03. The molecule has 0 amide bonds. The van der Waals surface area contributed by atoms with E-state index in [0.717, 1.165) is 22.4 Å². The monoisotopic (exact) mass is 274 g/mol. The van der Waals surface area contributed by atoms with Crippen LogP contribution in [0.4, 0.5) is 8.78 Å². The number of aryl methyl sites for hydroxylation is 2. The second-order valence-electron chi connectivity index (χ2n) is 4.46. The molecule has 0 aliphatic rings. The molecule has 0 radical (unpaired) electrons. The molecular formula is C14H20F2O3. The van der Waals surface area contributed by atoms with Crippen LogP contribution in [0.5, 0.6) is 5.75 Å². The maximum atomic E-state index is 11.9. The van der Waals surface area contributed by atoms with Gasteiger partial charge in [-0.3, -0.25) is 0 Å². The molecule has 3 nitrogen and oxygen atoms in total. The predicted octanol–water partition coefficient (Wildman–Crippen LogP) is 3.02. The molecule has 1 rings (SSSR count). The molecule has 1 aromatic rings. The maximum Gasteiger partial charge on any atom is 0.261 e. The van der Waals surface area contributed by atoms with Crippen molar-refractivity contribution in [2.45, 2.75) is 32.8 Å². The molecule has 19 heavy (non-hydrogen) atoms. The van der Waals surface area contributed by atoms with Crippen LogP contribution in [0.3, 0.4) is 0 Å². The molecule has 0 saturated heterocycles. The molecule has 1 unspecified atom stereocenters. The summed E-state index contributed by atoms with van der Waals surface area (Å²) in [7, 11) is 1.60. The number of benzene rings is 1. The lowest BCUT2D eigenvalue weighted by molar-refractivity contribution is 0.00480. The molecule has 0 aromatic heterocycles. The van der Waals surface area contributed by atoms with Crippen LogP contribution in [0.25, 0.3) is 0 Å². The average Bonchev–Trinajstić information content (AvgIpc) is 2.33. The minimum Gasteiger partial charge on any atom is -0.496 e. The van der Waals surface area contributed by atoms with Gasteiger partial charge in [0.05, 0.1) is 13.2 Å². The Balaban J connectivity index is 2.60. The SMILES string of the molecule is COc1c(C)cc(C(O)CCOCC(F)F)cc1C. The van der Waals surface area contributed by atoms with Crippen molar-refractivity contribution in [1.29, 1.82) is 0 Å². The summed E-state index contributed by atoms with van der Waals surface area (Å²) in [5, 5.41) is 9.99. The van der Waals surface area contributed by atoms with Gasteiger partial charge >= 0.3 is 0 Å². The molecule has 0 saturated carbocycles. The number of rotatable bonds is 7. The number of hydrogen-bond acceptors (Lipinski definition) is 3. The Morgan fingerprint density at radius 2 is 1.79 bits per heavy atom. The zero-order valence-corrected chi connectivity index (χ0v) is 11.5. The van der Waals surface area contributed by atoms with Gasteiger partial charge in [0.15, 0.2) is 0 Å². The number of ether oxygens (including phenoxy) is 2. The van der Waals surface area contributed by atoms with Crippen LogP contribution in [0.2, 0.25) is 0 Å². The minimum atomic E-state index is -2.47. The largest absolute Gasteiger partial charge is 0.496 e. The van der Waals surface area contributed by atoms with Crippen molar-refractivity contribution < 1.29 is 23.4 Å². The van der Waals surface area contributed by atoms with E-state index >= 15 is 0 Å². The number of hydrogen-bond donors (Lipinski definition) is 1. The van der Waals surface area contributed by atoms with Gasteiger partial charge in [0.25, 0.3) is 6.43 Å². The summed E-state index contributed by atoms with van der Waals surface area (Å²) in [5.41, 5.74) is 2.62. The Morgan fingerprint density at radius 1 is 1.21 bits per heavy atom. The first-order chi connectivity index (χ1) is 8.95. The lowest BCUT2D eigenvalue weighted by atomic mass is 10.0. The molecule has 0 aliphatic heterocycles. The standard InChI is InChI=1S/C14H20F2O3/c1-9-6-11(7-10(2)14(9)18-3)12(17)4-5-19-8-13(15)16/h6-7,12-13,17H,4-5,8H2,1-3H3. The first-order valence-electron chi connectivity index (χ1n) is 6.14. The van der Waals surface area contributed by atoms with E-state index in [4.69, 9.17) is 9.47 Å². The van der Waals surface area contributed by atoms with Gasteiger partial charge in [-0.25, -0.2) is 8.78 Å². The molecule has 1 aromatic carbocycles. The molecule has 0 heterocycles. The highest BCUT2D eigenvalue weighted by molar-refractivity contribution is 5.43. The normalized spacial score (nSPS) is 12.8. The van der Waals surface area contributed by atoms with Gasteiger partial charge in [-0.15, -0.1) is 0 Å². The number of alkyl halides is 2. The van der Waals surface area contributed by atoms with Crippen LogP contribution >= 0.6 is 0 Å². The smallest absolute Gasteiger partial charge is 0.261 e. The van der Waals surface area contributed by atoms with Crippen molar-refractivity contribution in [1.82, 2.24) is 0 Å². The van der Waals surface area contributed by atoms with E-state index in [1.54, 1.807) is 7.11 Å². The molecular weight excluding hydrogens is 254 g/mol. The van der Waals surface area contributed by atoms with Crippen molar-refractivity contribution in [3.8, 4) is 5.75 Å². The summed E-state index contributed by atoms with van der Waals surface area (Å²) in [6.07, 6.45) is -2.90. The van der Waals surface area contributed by atoms with Gasteiger partial charge < -0.3 is 14.6 Å². The summed E-state index contributed by atoms with van der Waals surface area (Å²) in [4.78, 5) is 0. The predicted molar refractivity (Wildman–Crippen MR) is 68.9 cm³/mol. The molecule has 0 bridgehead atoms. The van der Waals surface area contributed by atoms with E-state index in [-0.39, 0.29) is 13.0 Å². The summed E-state index contributed by atoms with van der Waals surface area (Å²) in [6.45, 7) is 3.31. The topological polar surface area (TPSA) is 38.7 Å². The van der Waals surface area contributed by atoms with Gasteiger partial charge in [-0.05, 0) is 42.7 Å². The Bertz CT molecular complexity index is 385. The van der Waals surface area contributed by atoms with Crippen LogP contribution in [0, 0.1) is 13.8 Å². The lowest BCUT2D eigenvalue weighted by Crippen LogP contribution is -2.09. The average molecular weight is 274 g/mol. The Morgan fingerprint density at radius 3 is 2.26 bits per heavy atom. The molecule has 5 heteroatoms. The van der Waals surface area contributed by atoms with E-state index < -0.39 is 19.1 Å². The van der Waals surface area contributed by atoms with Gasteiger partial charge in [0.2, 0.25) is 0 Å². The summed E-state index contributed by atoms with van der Waals surface area (Å²) < 4.78 is 33.7. The third-order valence-electron chi connectivity index (χ3n) is 2.85. The Kier molecular flexibility index (Phi) is 6.18. The van der Waals surface area contributed by atoms with Crippen molar-refractivity contribution in [2.75, 3.05) is 20.3 Å². The Labute approximate surface area is 112 Å². The van der Waals surface area contributed by atoms with Gasteiger partial charge in [-0.1, -0.05) is 0 Å². The molecule has 1 N–H and O–H groups in total. The van der Waals surface area contributed by atoms with Crippen LogP contribution in [-0.2, 0) is 4.74 Å². The third kappa shape index (κ3) is 4.76. The molecule has 108 valence electrons. The summed E-state index contributed by atoms with van der Waals surface area (Å²) in [5.74, 6) is 0.796. The van der Waals surface area contributed by atoms with Crippen LogP contribution in [-0.4, -0.2) is 31.9 Å². The minimum absolute atomic E-state index is 0.107. The number of halogens is 2. The first kappa shape index (κ1) is 15.9. The zero-order valence-electron chi connectivity index (χ0n) is 11.5. The van der Waals surface area contributed by atoms with Crippen LogP contribution in [0.15, 0.2) is 12.1 Å². The molecule has 0 spiro atoms. The van der Waals surface area contributed by atoms with Gasteiger partial charge in [0, 0.05) is 13.0 Å². The third-order valence-corrected chi connectivity index (χ3v) is 2.85. The highest BCUT2D eigenvalue weighted by atomic mass is 19.3. The van der Waals surface area contributed by atoms with Gasteiger partial charge in [0.1, 0.15) is 12.4 Å². The van der Waals surface area contributed by atoms with Crippen LogP contribution in [0.1, 0.15) is 29.2 Å². The molecule has 0 aliphatic carbocycles. The fourth-order valence-corrected chi connectivity index (χ4v) is 2.03. The van der Waals surface area contributed by atoms with Crippen molar-refractivity contribution in [3.05, 3.63) is 28.8 Å². The number of aliphatic hydroxyl groups excluding tert-OH is 1. The molecule has 0 fully saturated rings. The van der Waals surface area contributed by atoms with Gasteiger partial charge in [-0.2, -0.15) is 0 Å². The highest BCUT2D eigenvalue weighted by Gasteiger charge is 2.12. The quantitative estimate of drug-likeness (QED) is 0.777. The first-order valence-corrected chi connectivity index (χ1v) is 6.14. The second kappa shape index (κ2) is 7.40. The van der Waals surface area contributed by atoms with Crippen LogP contribution < -0.4 is 4.74 Å². The lowest BCUT2D eigenvalue weighted by Gasteiger charge is -2.15. The fraction of sp³-hybridized carbons (Fsp3) is 0.571. The number of methoxy groups -OCH3 is 1. The highest BCUT2D eigenvalue weighted by Crippen LogP contribution is 2.28. The van der Waals surface area contributed by atoms with E-state index in [1.165, 1.54) is 0 Å². The molecule has 1 atom stereocenters. The van der Waals surface area contributed by atoms with Crippen molar-refractivity contribution >= 4 is 0 Å². The van der Waals surface area contributed by atoms with Crippen molar-refractivity contribution in [2.24, 2.45) is 0 Å². The van der Waals surface area contributed by atoms with E-state index in [0.29, 0.717) is 0 Å². The van der Waals surface area contributed by atoms with E-state index in [2.05, 4.69) is 0 Å². The summed E-state index contributed by atoms with van der Waals surface area (Å²) in [6, 6.07) is 3.67. The second-order valence-corrected chi connectivity index (χ2v) is 4.46. The van der Waals surface area contributed by atoms with E-state index in [9.17, 15) is 13.9 Å².